The van der Waals surface area contributed by atoms with Gasteiger partial charge in [-0.1, -0.05) is 18.2 Å². The summed E-state index contributed by atoms with van der Waals surface area (Å²) in [6, 6.07) is 6.81. The molecule has 2 rings (SSSR count). The molecule has 1 aliphatic rings. The fraction of sp³-hybridized carbons (Fsp3) is 0.471. The van der Waals surface area contributed by atoms with Crippen molar-refractivity contribution < 1.29 is 9.13 Å². The summed E-state index contributed by atoms with van der Waals surface area (Å²) in [5.41, 5.74) is 1.16. The number of hydrogen-bond donors (Lipinski definition) is 0. The van der Waals surface area contributed by atoms with E-state index < -0.39 is 0 Å². The summed E-state index contributed by atoms with van der Waals surface area (Å²) in [6.45, 7) is 0.657. The van der Waals surface area contributed by atoms with Crippen molar-refractivity contribution in [3.8, 4) is 6.07 Å². The molecule has 0 saturated heterocycles. The van der Waals surface area contributed by atoms with Crippen molar-refractivity contribution in [3.63, 3.8) is 0 Å². The maximum Gasteiger partial charge on any atom is 0.127 e. The van der Waals surface area contributed by atoms with Crippen LogP contribution in [-0.2, 0) is 4.74 Å². The minimum atomic E-state index is -0.234. The molecule has 1 aromatic carbocycles. The molecular formula is C17H20FNO. The van der Waals surface area contributed by atoms with E-state index >= 15 is 0 Å². The number of rotatable bonds is 4. The molecule has 106 valence electrons. The van der Waals surface area contributed by atoms with Gasteiger partial charge in [-0.2, -0.15) is 5.26 Å². The van der Waals surface area contributed by atoms with Gasteiger partial charge < -0.3 is 4.74 Å². The van der Waals surface area contributed by atoms with Gasteiger partial charge in [-0.25, -0.2) is 4.39 Å². The van der Waals surface area contributed by atoms with Gasteiger partial charge in [-0.3, -0.25) is 0 Å². The van der Waals surface area contributed by atoms with E-state index in [1.54, 1.807) is 19.2 Å². The zero-order valence-electron chi connectivity index (χ0n) is 11.8. The number of allylic oxidation sites excluding steroid dienone is 1. The van der Waals surface area contributed by atoms with Crippen molar-refractivity contribution in [1.82, 2.24) is 0 Å². The Kier molecular flexibility index (Phi) is 5.31. The van der Waals surface area contributed by atoms with Crippen LogP contribution in [0.5, 0.6) is 0 Å². The van der Waals surface area contributed by atoms with E-state index in [1.165, 1.54) is 6.07 Å². The zero-order chi connectivity index (χ0) is 14.4. The van der Waals surface area contributed by atoms with Gasteiger partial charge >= 0.3 is 0 Å². The summed E-state index contributed by atoms with van der Waals surface area (Å²) in [7, 11) is 1.69. The van der Waals surface area contributed by atoms with Crippen molar-refractivity contribution in [3.05, 3.63) is 47.3 Å². The van der Waals surface area contributed by atoms with Crippen LogP contribution in [0.3, 0.4) is 0 Å². The average Bonchev–Trinajstić information content (AvgIpc) is 2.48. The number of nitrogens with zero attached hydrogens (tertiary/aromatic N) is 1. The Labute approximate surface area is 119 Å². The smallest absolute Gasteiger partial charge is 0.127 e. The molecule has 0 aliphatic heterocycles. The molecule has 0 amide bonds. The second-order valence-corrected chi connectivity index (χ2v) is 5.34. The minimum Gasteiger partial charge on any atom is -0.381 e. The van der Waals surface area contributed by atoms with E-state index in [9.17, 15) is 4.39 Å². The molecule has 20 heavy (non-hydrogen) atoms. The first-order valence-electron chi connectivity index (χ1n) is 7.09. The van der Waals surface area contributed by atoms with Crippen molar-refractivity contribution in [1.29, 1.82) is 5.26 Å². The van der Waals surface area contributed by atoms with Gasteiger partial charge in [-0.15, -0.1) is 0 Å². The third kappa shape index (κ3) is 3.68. The third-order valence-corrected chi connectivity index (χ3v) is 4.01. The number of nitriles is 1. The number of methoxy groups -OCH3 is 1. The predicted molar refractivity (Wildman–Crippen MR) is 76.8 cm³/mol. The quantitative estimate of drug-likeness (QED) is 0.771. The van der Waals surface area contributed by atoms with Crippen LogP contribution in [-0.4, -0.2) is 13.7 Å². The lowest BCUT2D eigenvalue weighted by atomic mass is 9.78. The maximum absolute atomic E-state index is 14.0. The molecule has 0 aromatic heterocycles. The van der Waals surface area contributed by atoms with Crippen LogP contribution in [0, 0.1) is 23.1 Å². The molecule has 0 radical (unpaired) electrons. The average molecular weight is 273 g/mol. The fourth-order valence-electron chi connectivity index (χ4n) is 2.89. The van der Waals surface area contributed by atoms with Crippen LogP contribution in [0.4, 0.5) is 4.39 Å². The number of halogens is 1. The lowest BCUT2D eigenvalue weighted by Crippen LogP contribution is -2.13. The monoisotopic (exact) mass is 273 g/mol. The van der Waals surface area contributed by atoms with E-state index in [0.29, 0.717) is 18.1 Å². The first-order valence-corrected chi connectivity index (χ1v) is 7.09. The largest absolute Gasteiger partial charge is 0.381 e. The summed E-state index contributed by atoms with van der Waals surface area (Å²) in [6.07, 6.45) is 8.46. The highest BCUT2D eigenvalue weighted by Crippen LogP contribution is 2.37. The van der Waals surface area contributed by atoms with Gasteiger partial charge in [0.2, 0.25) is 0 Å². The standard InChI is InChI=1S/C17H20FNO/c1-20-10-2-3-13-4-7-15(8-5-13)16-9-6-14(12-19)11-17(16)18/h2-3,6,9,11,13,15H,4-5,7-8,10H2,1H3/b3-2+. The van der Waals surface area contributed by atoms with Crippen LogP contribution >= 0.6 is 0 Å². The highest BCUT2D eigenvalue weighted by molar-refractivity contribution is 5.34. The molecule has 3 heteroatoms. The molecule has 0 N–H and O–H groups in total. The molecule has 0 spiro atoms. The van der Waals surface area contributed by atoms with E-state index in [-0.39, 0.29) is 11.7 Å². The van der Waals surface area contributed by atoms with Crippen LogP contribution in [0.2, 0.25) is 0 Å². The second kappa shape index (κ2) is 7.21. The maximum atomic E-state index is 14.0. The van der Waals surface area contributed by atoms with E-state index in [0.717, 1.165) is 31.2 Å². The molecule has 0 bridgehead atoms. The topological polar surface area (TPSA) is 33.0 Å². The van der Waals surface area contributed by atoms with Gasteiger partial charge in [0.05, 0.1) is 18.2 Å². The first-order chi connectivity index (χ1) is 9.74. The lowest BCUT2D eigenvalue weighted by molar-refractivity contribution is 0.233. The normalized spacial score (nSPS) is 22.9. The Morgan fingerprint density at radius 2 is 2.10 bits per heavy atom. The van der Waals surface area contributed by atoms with Gasteiger partial charge in [-0.05, 0) is 55.2 Å². The Bertz CT molecular complexity index is 510. The summed E-state index contributed by atoms with van der Waals surface area (Å²) in [5, 5.41) is 8.77. The lowest BCUT2D eigenvalue weighted by Gasteiger charge is -2.27. The first kappa shape index (κ1) is 14.7. The van der Waals surface area contributed by atoms with Gasteiger partial charge in [0.15, 0.2) is 0 Å². The van der Waals surface area contributed by atoms with Crippen molar-refractivity contribution in [2.75, 3.05) is 13.7 Å². The van der Waals surface area contributed by atoms with Crippen molar-refractivity contribution >= 4 is 0 Å². The van der Waals surface area contributed by atoms with Crippen molar-refractivity contribution in [2.24, 2.45) is 5.92 Å². The van der Waals surface area contributed by atoms with Gasteiger partial charge in [0.25, 0.3) is 0 Å². The van der Waals surface area contributed by atoms with Crippen molar-refractivity contribution in [2.45, 2.75) is 31.6 Å². The van der Waals surface area contributed by atoms with Gasteiger partial charge in [0, 0.05) is 7.11 Å². The molecule has 2 nitrogen and oxygen atoms in total. The summed E-state index contributed by atoms with van der Waals surface area (Å²) >= 11 is 0. The number of hydrogen-bond acceptors (Lipinski definition) is 2. The second-order valence-electron chi connectivity index (χ2n) is 5.34. The van der Waals surface area contributed by atoms with Crippen LogP contribution in [0.1, 0.15) is 42.7 Å². The Morgan fingerprint density at radius 1 is 1.35 bits per heavy atom. The van der Waals surface area contributed by atoms with E-state index in [2.05, 4.69) is 12.2 Å². The minimum absolute atomic E-state index is 0.234. The van der Waals surface area contributed by atoms with Crippen LogP contribution < -0.4 is 0 Å². The molecular weight excluding hydrogens is 253 g/mol. The third-order valence-electron chi connectivity index (χ3n) is 4.01. The number of benzene rings is 1. The highest BCUT2D eigenvalue weighted by Gasteiger charge is 2.23. The fourth-order valence-corrected chi connectivity index (χ4v) is 2.89. The molecule has 0 heterocycles. The molecule has 1 aromatic rings. The molecule has 0 unspecified atom stereocenters. The van der Waals surface area contributed by atoms with E-state index in [1.807, 2.05) is 6.07 Å². The number of ether oxygens (including phenoxy) is 1. The summed E-state index contributed by atoms with van der Waals surface area (Å²) < 4.78 is 19.0. The highest BCUT2D eigenvalue weighted by atomic mass is 19.1. The Hall–Kier alpha value is -1.66. The van der Waals surface area contributed by atoms with Crippen LogP contribution in [0.15, 0.2) is 30.4 Å². The molecule has 1 aliphatic carbocycles. The zero-order valence-corrected chi connectivity index (χ0v) is 11.8. The molecule has 1 fully saturated rings. The predicted octanol–water partition coefficient (Wildman–Crippen LogP) is 4.17. The summed E-state index contributed by atoms with van der Waals surface area (Å²) in [5.74, 6) is 0.639. The Balaban J connectivity index is 1.95. The van der Waals surface area contributed by atoms with E-state index in [4.69, 9.17) is 10.00 Å². The van der Waals surface area contributed by atoms with Crippen LogP contribution in [0.25, 0.3) is 0 Å². The Morgan fingerprint density at radius 3 is 2.70 bits per heavy atom. The molecule has 0 atom stereocenters. The SMILES string of the molecule is COC/C=C/C1CCC(c2ccc(C#N)cc2F)CC1. The molecule has 1 saturated carbocycles. The van der Waals surface area contributed by atoms with Gasteiger partial charge in [0.1, 0.15) is 5.82 Å². The summed E-state index contributed by atoms with van der Waals surface area (Å²) in [4.78, 5) is 0.